The lowest BCUT2D eigenvalue weighted by Crippen LogP contribution is -2.32. The molecule has 3 rings (SSSR count). The molecule has 23 heavy (non-hydrogen) atoms. The Hall–Kier alpha value is -2.62. The first-order valence-electron chi connectivity index (χ1n) is 7.83. The van der Waals surface area contributed by atoms with E-state index in [1.54, 1.807) is 4.90 Å². The Bertz CT molecular complexity index is 712. The van der Waals surface area contributed by atoms with Gasteiger partial charge in [-0.3, -0.25) is 9.59 Å². The monoisotopic (exact) mass is 308 g/mol. The lowest BCUT2D eigenvalue weighted by molar-refractivity contribution is -0.126. The Kier molecular flexibility index (Phi) is 4.42. The van der Waals surface area contributed by atoms with Gasteiger partial charge in [-0.15, -0.1) is 0 Å². The fraction of sp³-hybridized carbons (Fsp3) is 0.263. The predicted molar refractivity (Wildman–Crippen MR) is 89.9 cm³/mol. The van der Waals surface area contributed by atoms with Crippen LogP contribution in [0.2, 0.25) is 0 Å². The number of carbonyl (C=O) groups excluding carboxylic acids is 2. The summed E-state index contributed by atoms with van der Waals surface area (Å²) in [5.74, 6) is -0.330. The number of nitrogens with one attached hydrogen (secondary N) is 1. The van der Waals surface area contributed by atoms with Gasteiger partial charge in [-0.1, -0.05) is 48.5 Å². The van der Waals surface area contributed by atoms with Crippen molar-refractivity contribution in [3.05, 3.63) is 65.7 Å². The molecular formula is C19H20N2O2. The van der Waals surface area contributed by atoms with Crippen molar-refractivity contribution in [2.45, 2.75) is 19.9 Å². The number of aryl methyl sites for hydroxylation is 1. The van der Waals surface area contributed by atoms with E-state index in [0.29, 0.717) is 13.1 Å². The van der Waals surface area contributed by atoms with Gasteiger partial charge >= 0.3 is 0 Å². The standard InChI is InChI=1S/C19H20N2O2/c1-14-7-5-6-10-17(14)21-13-16(11-18(21)22)19(23)20-12-15-8-3-2-4-9-15/h2-10,16H,11-13H2,1H3,(H,20,23)/t16-/m1/s1. The first-order chi connectivity index (χ1) is 11.1. The normalized spacial score (nSPS) is 17.3. The molecule has 4 nitrogen and oxygen atoms in total. The molecule has 0 unspecified atom stereocenters. The molecule has 1 fully saturated rings. The van der Waals surface area contributed by atoms with Crippen LogP contribution in [-0.4, -0.2) is 18.4 Å². The van der Waals surface area contributed by atoms with E-state index in [1.165, 1.54) is 0 Å². The van der Waals surface area contributed by atoms with Crippen LogP contribution in [-0.2, 0) is 16.1 Å². The highest BCUT2D eigenvalue weighted by Crippen LogP contribution is 2.27. The zero-order chi connectivity index (χ0) is 16.2. The van der Waals surface area contributed by atoms with Crippen LogP contribution < -0.4 is 10.2 Å². The fourth-order valence-electron chi connectivity index (χ4n) is 2.91. The number of benzene rings is 2. The molecule has 1 heterocycles. The van der Waals surface area contributed by atoms with E-state index in [1.807, 2.05) is 61.5 Å². The van der Waals surface area contributed by atoms with Crippen LogP contribution in [0.25, 0.3) is 0 Å². The molecule has 0 saturated carbocycles. The second-order valence-corrected chi connectivity index (χ2v) is 5.90. The molecule has 1 aliphatic heterocycles. The van der Waals surface area contributed by atoms with Gasteiger partial charge in [0.25, 0.3) is 0 Å². The first-order valence-corrected chi connectivity index (χ1v) is 7.83. The third kappa shape index (κ3) is 3.42. The molecule has 0 aliphatic carbocycles. The number of anilines is 1. The Labute approximate surface area is 136 Å². The summed E-state index contributed by atoms with van der Waals surface area (Å²) in [6.45, 7) is 2.92. The van der Waals surface area contributed by atoms with Crippen LogP contribution in [0.5, 0.6) is 0 Å². The highest BCUT2D eigenvalue weighted by atomic mass is 16.2. The van der Waals surface area contributed by atoms with Gasteiger partial charge in [0.2, 0.25) is 11.8 Å². The van der Waals surface area contributed by atoms with E-state index in [0.717, 1.165) is 16.8 Å². The lowest BCUT2D eigenvalue weighted by atomic mass is 10.1. The minimum absolute atomic E-state index is 0.0131. The topological polar surface area (TPSA) is 49.4 Å². The van der Waals surface area contributed by atoms with Gasteiger partial charge in [-0.2, -0.15) is 0 Å². The average Bonchev–Trinajstić information content (AvgIpc) is 2.96. The van der Waals surface area contributed by atoms with Crippen molar-refractivity contribution >= 4 is 17.5 Å². The van der Waals surface area contributed by atoms with Crippen LogP contribution in [0, 0.1) is 12.8 Å². The van der Waals surface area contributed by atoms with Crippen molar-refractivity contribution in [2.24, 2.45) is 5.92 Å². The number of para-hydroxylation sites is 1. The summed E-state index contributed by atoms with van der Waals surface area (Å²) in [5, 5.41) is 2.93. The summed E-state index contributed by atoms with van der Waals surface area (Å²) >= 11 is 0. The van der Waals surface area contributed by atoms with Gasteiger partial charge in [-0.05, 0) is 24.1 Å². The van der Waals surface area contributed by atoms with Crippen molar-refractivity contribution in [2.75, 3.05) is 11.4 Å². The average molecular weight is 308 g/mol. The van der Waals surface area contributed by atoms with Crippen molar-refractivity contribution in [1.29, 1.82) is 0 Å². The van der Waals surface area contributed by atoms with Crippen molar-refractivity contribution in [1.82, 2.24) is 5.32 Å². The molecular weight excluding hydrogens is 288 g/mol. The highest BCUT2D eigenvalue weighted by Gasteiger charge is 2.35. The van der Waals surface area contributed by atoms with E-state index in [4.69, 9.17) is 0 Å². The second kappa shape index (κ2) is 6.65. The van der Waals surface area contributed by atoms with Gasteiger partial charge in [0.1, 0.15) is 0 Å². The van der Waals surface area contributed by atoms with E-state index in [9.17, 15) is 9.59 Å². The molecule has 0 aromatic heterocycles. The third-order valence-electron chi connectivity index (χ3n) is 4.21. The molecule has 0 radical (unpaired) electrons. The summed E-state index contributed by atoms with van der Waals surface area (Å²) in [6.07, 6.45) is 0.273. The minimum atomic E-state index is -0.286. The number of hydrogen-bond acceptors (Lipinski definition) is 2. The zero-order valence-corrected chi connectivity index (χ0v) is 13.2. The molecule has 0 spiro atoms. The van der Waals surface area contributed by atoms with Crippen molar-refractivity contribution in [3.63, 3.8) is 0 Å². The third-order valence-corrected chi connectivity index (χ3v) is 4.21. The summed E-state index contributed by atoms with van der Waals surface area (Å²) < 4.78 is 0. The maximum Gasteiger partial charge on any atom is 0.227 e. The number of hydrogen-bond donors (Lipinski definition) is 1. The molecule has 1 atom stereocenters. The molecule has 2 aromatic rings. The van der Waals surface area contributed by atoms with Crippen LogP contribution in [0.1, 0.15) is 17.5 Å². The fourth-order valence-corrected chi connectivity index (χ4v) is 2.91. The van der Waals surface area contributed by atoms with Crippen LogP contribution in [0.4, 0.5) is 5.69 Å². The molecule has 2 amide bonds. The van der Waals surface area contributed by atoms with Gasteiger partial charge in [0.15, 0.2) is 0 Å². The number of amides is 2. The van der Waals surface area contributed by atoms with Crippen LogP contribution in [0.3, 0.4) is 0 Å². The van der Waals surface area contributed by atoms with E-state index in [2.05, 4.69) is 5.32 Å². The Balaban J connectivity index is 1.63. The van der Waals surface area contributed by atoms with Gasteiger partial charge in [0.05, 0.1) is 5.92 Å². The summed E-state index contributed by atoms with van der Waals surface area (Å²) in [7, 11) is 0. The number of carbonyl (C=O) groups is 2. The first kappa shape index (κ1) is 15.3. The van der Waals surface area contributed by atoms with Crippen LogP contribution in [0.15, 0.2) is 54.6 Å². The maximum atomic E-state index is 12.3. The summed E-state index contributed by atoms with van der Waals surface area (Å²) in [6, 6.07) is 17.5. The smallest absolute Gasteiger partial charge is 0.227 e. The number of rotatable bonds is 4. The van der Waals surface area contributed by atoms with Crippen molar-refractivity contribution < 1.29 is 9.59 Å². The minimum Gasteiger partial charge on any atom is -0.352 e. The molecule has 1 aliphatic rings. The lowest BCUT2D eigenvalue weighted by Gasteiger charge is -2.19. The molecule has 2 aromatic carbocycles. The Morgan fingerprint density at radius 1 is 1.13 bits per heavy atom. The second-order valence-electron chi connectivity index (χ2n) is 5.90. The maximum absolute atomic E-state index is 12.3. The summed E-state index contributed by atoms with van der Waals surface area (Å²) in [4.78, 5) is 26.3. The quantitative estimate of drug-likeness (QED) is 0.944. The molecule has 118 valence electrons. The SMILES string of the molecule is Cc1ccccc1N1C[C@H](C(=O)NCc2ccccc2)CC1=O. The zero-order valence-electron chi connectivity index (χ0n) is 13.2. The van der Waals surface area contributed by atoms with Crippen LogP contribution >= 0.6 is 0 Å². The van der Waals surface area contributed by atoms with Gasteiger partial charge < -0.3 is 10.2 Å². The van der Waals surface area contributed by atoms with E-state index in [-0.39, 0.29) is 24.2 Å². The highest BCUT2D eigenvalue weighted by molar-refractivity contribution is 6.00. The van der Waals surface area contributed by atoms with E-state index < -0.39 is 0 Å². The number of nitrogens with zero attached hydrogens (tertiary/aromatic N) is 1. The molecule has 0 bridgehead atoms. The predicted octanol–water partition coefficient (Wildman–Crippen LogP) is 2.66. The van der Waals surface area contributed by atoms with Gasteiger partial charge in [0, 0.05) is 25.2 Å². The van der Waals surface area contributed by atoms with Gasteiger partial charge in [-0.25, -0.2) is 0 Å². The van der Waals surface area contributed by atoms with E-state index >= 15 is 0 Å². The molecule has 4 heteroatoms. The largest absolute Gasteiger partial charge is 0.352 e. The Morgan fingerprint density at radius 3 is 2.57 bits per heavy atom. The Morgan fingerprint density at radius 2 is 1.83 bits per heavy atom. The van der Waals surface area contributed by atoms with Crippen molar-refractivity contribution in [3.8, 4) is 0 Å². The molecule has 1 N–H and O–H groups in total. The summed E-state index contributed by atoms with van der Waals surface area (Å²) in [5.41, 5.74) is 3.00. The molecule has 1 saturated heterocycles.